The van der Waals surface area contributed by atoms with Crippen molar-refractivity contribution >= 4 is 0 Å². The first-order valence-corrected chi connectivity index (χ1v) is 8.14. The molecule has 0 aromatic heterocycles. The second-order valence-electron chi connectivity index (χ2n) is 8.22. The standard InChI is InChI=1S/C18H39N/c1-11-14(4)18(13-3,15(5,6)12-2)16(7,8)17(9,10)19/h14H,11-13,19H2,1-10H3. The van der Waals surface area contributed by atoms with Gasteiger partial charge in [-0.05, 0) is 42.4 Å². The van der Waals surface area contributed by atoms with Crippen LogP contribution in [0.3, 0.4) is 0 Å². The van der Waals surface area contributed by atoms with E-state index in [1.807, 2.05) is 0 Å². The largest absolute Gasteiger partial charge is 0.325 e. The highest BCUT2D eigenvalue weighted by Gasteiger charge is 2.59. The Hall–Kier alpha value is -0.0400. The van der Waals surface area contributed by atoms with E-state index in [0.29, 0.717) is 5.92 Å². The number of hydrogen-bond donors (Lipinski definition) is 1. The van der Waals surface area contributed by atoms with Crippen molar-refractivity contribution in [1.29, 1.82) is 0 Å². The Morgan fingerprint density at radius 3 is 1.47 bits per heavy atom. The van der Waals surface area contributed by atoms with E-state index < -0.39 is 0 Å². The molecule has 0 fully saturated rings. The number of nitrogens with two attached hydrogens (primary N) is 1. The Balaban J connectivity index is 6.19. The molecule has 0 aliphatic heterocycles. The van der Waals surface area contributed by atoms with Crippen LogP contribution in [0.1, 0.15) is 88.5 Å². The van der Waals surface area contributed by atoms with Crippen LogP contribution in [0, 0.1) is 22.2 Å². The van der Waals surface area contributed by atoms with Gasteiger partial charge >= 0.3 is 0 Å². The molecule has 2 unspecified atom stereocenters. The minimum atomic E-state index is -0.182. The maximum atomic E-state index is 6.62. The summed E-state index contributed by atoms with van der Waals surface area (Å²) in [6.45, 7) is 23.5. The van der Waals surface area contributed by atoms with Crippen LogP contribution in [0.4, 0.5) is 0 Å². The van der Waals surface area contributed by atoms with E-state index in [1.54, 1.807) is 0 Å². The lowest BCUT2D eigenvalue weighted by Gasteiger charge is -2.63. The molecule has 2 atom stereocenters. The minimum absolute atomic E-state index is 0.0870. The van der Waals surface area contributed by atoms with Crippen molar-refractivity contribution in [3.05, 3.63) is 0 Å². The third-order valence-electron chi connectivity index (χ3n) is 6.83. The second-order valence-corrected chi connectivity index (χ2v) is 8.22. The first kappa shape index (κ1) is 19.0. The topological polar surface area (TPSA) is 26.0 Å². The average molecular weight is 270 g/mol. The fourth-order valence-electron chi connectivity index (χ4n) is 4.64. The Morgan fingerprint density at radius 2 is 1.26 bits per heavy atom. The van der Waals surface area contributed by atoms with Gasteiger partial charge in [0.25, 0.3) is 0 Å². The first-order chi connectivity index (χ1) is 8.35. The smallest absolute Gasteiger partial charge is 0.0154 e. The lowest BCUT2D eigenvalue weighted by molar-refractivity contribution is -0.133. The lowest BCUT2D eigenvalue weighted by Crippen LogP contribution is -2.63. The van der Waals surface area contributed by atoms with Gasteiger partial charge in [0, 0.05) is 5.54 Å². The molecule has 0 bridgehead atoms. The molecule has 1 nitrogen and oxygen atoms in total. The molecule has 2 N–H and O–H groups in total. The van der Waals surface area contributed by atoms with Crippen molar-refractivity contribution in [2.75, 3.05) is 0 Å². The monoisotopic (exact) mass is 269 g/mol. The Kier molecular flexibility index (Phi) is 5.74. The maximum absolute atomic E-state index is 6.62. The van der Waals surface area contributed by atoms with Crippen molar-refractivity contribution in [3.8, 4) is 0 Å². The highest BCUT2D eigenvalue weighted by Crippen LogP contribution is 2.63. The molecule has 0 aromatic carbocycles. The van der Waals surface area contributed by atoms with Gasteiger partial charge in [-0.25, -0.2) is 0 Å². The number of rotatable bonds is 7. The molecular formula is C18H39N. The first-order valence-electron chi connectivity index (χ1n) is 8.14. The molecule has 116 valence electrons. The van der Waals surface area contributed by atoms with Crippen LogP contribution in [0.25, 0.3) is 0 Å². The molecule has 0 saturated heterocycles. The third-order valence-corrected chi connectivity index (χ3v) is 6.83. The van der Waals surface area contributed by atoms with Crippen LogP contribution in [-0.2, 0) is 0 Å². The van der Waals surface area contributed by atoms with Crippen LogP contribution in [0.5, 0.6) is 0 Å². The van der Waals surface area contributed by atoms with E-state index in [-0.39, 0.29) is 21.8 Å². The summed E-state index contributed by atoms with van der Waals surface area (Å²) in [5.41, 5.74) is 7.06. The fourth-order valence-corrected chi connectivity index (χ4v) is 4.64. The summed E-state index contributed by atoms with van der Waals surface area (Å²) in [5, 5.41) is 0. The molecule has 1 heteroatoms. The van der Waals surface area contributed by atoms with Gasteiger partial charge in [-0.15, -0.1) is 0 Å². The summed E-state index contributed by atoms with van der Waals surface area (Å²) in [6.07, 6.45) is 3.61. The van der Waals surface area contributed by atoms with E-state index >= 15 is 0 Å². The third kappa shape index (κ3) is 2.73. The molecule has 19 heavy (non-hydrogen) atoms. The van der Waals surface area contributed by atoms with Crippen molar-refractivity contribution in [1.82, 2.24) is 0 Å². The van der Waals surface area contributed by atoms with E-state index in [2.05, 4.69) is 69.2 Å². The molecular weight excluding hydrogens is 230 g/mol. The van der Waals surface area contributed by atoms with Gasteiger partial charge < -0.3 is 5.73 Å². The molecule has 0 rings (SSSR count). The summed E-state index contributed by atoms with van der Waals surface area (Å²) < 4.78 is 0. The van der Waals surface area contributed by atoms with Gasteiger partial charge in [0.1, 0.15) is 0 Å². The zero-order chi connectivity index (χ0) is 15.7. The van der Waals surface area contributed by atoms with Crippen LogP contribution in [0.2, 0.25) is 0 Å². The van der Waals surface area contributed by atoms with Gasteiger partial charge in [-0.2, -0.15) is 0 Å². The molecule has 0 aromatic rings. The predicted molar refractivity (Wildman–Crippen MR) is 88.3 cm³/mol. The Morgan fingerprint density at radius 1 is 0.842 bits per heavy atom. The zero-order valence-electron chi connectivity index (χ0n) is 15.3. The molecule has 0 heterocycles. The van der Waals surface area contributed by atoms with Gasteiger partial charge in [0.15, 0.2) is 0 Å². The molecule has 0 radical (unpaired) electrons. The van der Waals surface area contributed by atoms with Crippen LogP contribution in [0.15, 0.2) is 0 Å². The van der Waals surface area contributed by atoms with E-state index in [0.717, 1.165) is 0 Å². The van der Waals surface area contributed by atoms with E-state index in [4.69, 9.17) is 5.73 Å². The summed E-state index contributed by atoms with van der Waals surface area (Å²) in [4.78, 5) is 0. The summed E-state index contributed by atoms with van der Waals surface area (Å²) >= 11 is 0. The highest BCUT2D eigenvalue weighted by atomic mass is 14.8. The Bertz CT molecular complexity index is 283. The maximum Gasteiger partial charge on any atom is 0.0154 e. The van der Waals surface area contributed by atoms with E-state index in [1.165, 1.54) is 19.3 Å². The van der Waals surface area contributed by atoms with Gasteiger partial charge in [0.2, 0.25) is 0 Å². The van der Waals surface area contributed by atoms with E-state index in [9.17, 15) is 0 Å². The summed E-state index contributed by atoms with van der Waals surface area (Å²) in [6, 6.07) is 0. The second kappa shape index (κ2) is 5.76. The molecule has 0 aliphatic rings. The van der Waals surface area contributed by atoms with Gasteiger partial charge in [-0.1, -0.05) is 68.2 Å². The van der Waals surface area contributed by atoms with Crippen molar-refractivity contribution in [2.24, 2.45) is 27.9 Å². The van der Waals surface area contributed by atoms with Gasteiger partial charge in [0.05, 0.1) is 0 Å². The van der Waals surface area contributed by atoms with Crippen molar-refractivity contribution in [2.45, 2.75) is 94.0 Å². The molecule has 0 amide bonds. The molecule has 0 spiro atoms. The van der Waals surface area contributed by atoms with Gasteiger partial charge in [-0.3, -0.25) is 0 Å². The zero-order valence-corrected chi connectivity index (χ0v) is 15.3. The fraction of sp³-hybridized carbons (Fsp3) is 1.00. The normalized spacial score (nSPS) is 19.1. The van der Waals surface area contributed by atoms with Crippen LogP contribution < -0.4 is 5.73 Å². The minimum Gasteiger partial charge on any atom is -0.325 e. The molecule has 0 saturated carbocycles. The summed E-state index contributed by atoms with van der Waals surface area (Å²) in [7, 11) is 0. The highest BCUT2D eigenvalue weighted by molar-refractivity contribution is 5.10. The SMILES string of the molecule is CCC(C)C(CC)(C(C)(C)CC)C(C)(C)C(C)(C)N. The quantitative estimate of drug-likeness (QED) is 0.637. The average Bonchev–Trinajstić information content (AvgIpc) is 2.28. The number of hydrogen-bond acceptors (Lipinski definition) is 1. The molecule has 0 aliphatic carbocycles. The predicted octanol–water partition coefficient (Wildman–Crippen LogP) is 5.63. The van der Waals surface area contributed by atoms with Crippen LogP contribution in [-0.4, -0.2) is 5.54 Å². The van der Waals surface area contributed by atoms with Crippen molar-refractivity contribution < 1.29 is 0 Å². The Labute approximate surface area is 122 Å². The van der Waals surface area contributed by atoms with Crippen molar-refractivity contribution in [3.63, 3.8) is 0 Å². The summed E-state index contributed by atoms with van der Waals surface area (Å²) in [5.74, 6) is 0.672. The van der Waals surface area contributed by atoms with Crippen LogP contribution >= 0.6 is 0 Å². The lowest BCUT2D eigenvalue weighted by atomic mass is 9.42.